The van der Waals surface area contributed by atoms with Crippen LogP contribution < -0.4 is 0 Å². The molecule has 1 rings (SSSR count). The van der Waals surface area contributed by atoms with Gasteiger partial charge in [-0.2, -0.15) is 0 Å². The number of aliphatic carboxylic acids is 2. The summed E-state index contributed by atoms with van der Waals surface area (Å²) >= 11 is 0. The maximum atomic E-state index is 12.4. The van der Waals surface area contributed by atoms with E-state index in [1.165, 1.54) is 0 Å². The quantitative estimate of drug-likeness (QED) is 0.568. The van der Waals surface area contributed by atoms with E-state index in [-0.39, 0.29) is 5.41 Å². The minimum atomic E-state index is -0.802. The van der Waals surface area contributed by atoms with Crippen molar-refractivity contribution in [3.05, 3.63) is 35.4 Å². The van der Waals surface area contributed by atoms with Crippen molar-refractivity contribution in [3.63, 3.8) is 0 Å². The molecule has 0 bridgehead atoms. The molecule has 2 N–H and O–H groups in total. The number of carbonyl (C=O) groups is 2. The molecule has 0 aromatic heterocycles. The molecule has 0 heterocycles. The molecule has 0 radical (unpaired) electrons. The van der Waals surface area contributed by atoms with E-state index in [0.29, 0.717) is 19.3 Å². The zero-order valence-corrected chi connectivity index (χ0v) is 16.8. The Morgan fingerprint density at radius 3 is 1.69 bits per heavy atom. The molecule has 0 aliphatic heterocycles. The Hall–Kier alpha value is -1.84. The molecule has 0 fully saturated rings. The fourth-order valence-corrected chi connectivity index (χ4v) is 4.49. The van der Waals surface area contributed by atoms with Gasteiger partial charge in [0.15, 0.2) is 0 Å². The lowest BCUT2D eigenvalue weighted by molar-refractivity contribution is -0.161. The standard InChI is InChI=1S/C22H34O4/c1-6-21(7-2,8-3)22(9-4,20(25)26)15-18-12-10-17(11-13-18)14-16(5)19(23)24/h10-13,16H,6-9,14-15H2,1-5H3,(H,23,24)(H,25,26). The van der Waals surface area contributed by atoms with Gasteiger partial charge in [0.1, 0.15) is 0 Å². The Morgan fingerprint density at radius 1 is 0.885 bits per heavy atom. The van der Waals surface area contributed by atoms with Crippen molar-refractivity contribution in [1.29, 1.82) is 0 Å². The second-order valence-corrected chi connectivity index (χ2v) is 7.52. The van der Waals surface area contributed by atoms with Crippen molar-refractivity contribution < 1.29 is 19.8 Å². The zero-order chi connectivity index (χ0) is 20.0. The van der Waals surface area contributed by atoms with E-state index >= 15 is 0 Å². The van der Waals surface area contributed by atoms with E-state index in [4.69, 9.17) is 5.11 Å². The molecule has 4 nitrogen and oxygen atoms in total. The SMILES string of the molecule is CCC(CC)(CC)C(CC)(Cc1ccc(CC(C)C(=O)O)cc1)C(=O)O. The molecule has 0 spiro atoms. The molecule has 26 heavy (non-hydrogen) atoms. The maximum Gasteiger partial charge on any atom is 0.310 e. The first-order chi connectivity index (χ1) is 12.2. The molecule has 0 saturated heterocycles. The highest BCUT2D eigenvalue weighted by Crippen LogP contribution is 2.52. The van der Waals surface area contributed by atoms with Gasteiger partial charge in [0.05, 0.1) is 11.3 Å². The molecule has 2 unspecified atom stereocenters. The van der Waals surface area contributed by atoms with Crippen LogP contribution in [0.15, 0.2) is 24.3 Å². The average Bonchev–Trinajstić information content (AvgIpc) is 2.63. The molecule has 0 amide bonds. The lowest BCUT2D eigenvalue weighted by atomic mass is 9.55. The summed E-state index contributed by atoms with van der Waals surface area (Å²) in [4.78, 5) is 23.4. The van der Waals surface area contributed by atoms with E-state index < -0.39 is 23.3 Å². The third kappa shape index (κ3) is 4.28. The Morgan fingerprint density at radius 2 is 1.35 bits per heavy atom. The van der Waals surface area contributed by atoms with Crippen molar-refractivity contribution in [2.24, 2.45) is 16.7 Å². The molecule has 2 atom stereocenters. The summed E-state index contributed by atoms with van der Waals surface area (Å²) in [5.74, 6) is -1.94. The summed E-state index contributed by atoms with van der Waals surface area (Å²) < 4.78 is 0. The third-order valence-electron chi connectivity index (χ3n) is 6.55. The summed E-state index contributed by atoms with van der Waals surface area (Å²) in [6.45, 7) is 9.96. The van der Waals surface area contributed by atoms with E-state index in [1.54, 1.807) is 6.92 Å². The third-order valence-corrected chi connectivity index (χ3v) is 6.55. The van der Waals surface area contributed by atoms with E-state index in [2.05, 4.69) is 20.8 Å². The molecular weight excluding hydrogens is 328 g/mol. The lowest BCUT2D eigenvalue weighted by Gasteiger charge is -2.47. The lowest BCUT2D eigenvalue weighted by Crippen LogP contribution is -2.48. The van der Waals surface area contributed by atoms with Crippen LogP contribution in [0, 0.1) is 16.7 Å². The summed E-state index contributed by atoms with van der Waals surface area (Å²) in [6, 6.07) is 7.79. The van der Waals surface area contributed by atoms with Crippen molar-refractivity contribution in [3.8, 4) is 0 Å². The van der Waals surface area contributed by atoms with Crippen LogP contribution in [0.1, 0.15) is 71.4 Å². The van der Waals surface area contributed by atoms with Crippen LogP contribution in [0.4, 0.5) is 0 Å². The summed E-state index contributed by atoms with van der Waals surface area (Å²) in [7, 11) is 0. The van der Waals surface area contributed by atoms with Gasteiger partial charge in [0.2, 0.25) is 0 Å². The molecular formula is C22H34O4. The second-order valence-electron chi connectivity index (χ2n) is 7.52. The van der Waals surface area contributed by atoms with Crippen molar-refractivity contribution in [1.82, 2.24) is 0 Å². The number of rotatable bonds is 11. The monoisotopic (exact) mass is 362 g/mol. The second kappa shape index (κ2) is 9.20. The van der Waals surface area contributed by atoms with Gasteiger partial charge >= 0.3 is 11.9 Å². The highest BCUT2D eigenvalue weighted by Gasteiger charge is 2.52. The van der Waals surface area contributed by atoms with Gasteiger partial charge in [0.25, 0.3) is 0 Å². The van der Waals surface area contributed by atoms with Gasteiger partial charge in [-0.3, -0.25) is 9.59 Å². The van der Waals surface area contributed by atoms with Crippen LogP contribution in [-0.4, -0.2) is 22.2 Å². The maximum absolute atomic E-state index is 12.4. The first-order valence-electron chi connectivity index (χ1n) is 9.75. The average molecular weight is 363 g/mol. The number of benzene rings is 1. The Kier molecular flexibility index (Phi) is 7.86. The topological polar surface area (TPSA) is 74.6 Å². The fourth-order valence-electron chi connectivity index (χ4n) is 4.49. The minimum absolute atomic E-state index is 0.232. The number of carboxylic acids is 2. The highest BCUT2D eigenvalue weighted by atomic mass is 16.4. The van der Waals surface area contributed by atoms with Crippen LogP contribution in [0.2, 0.25) is 0 Å². The molecule has 4 heteroatoms. The van der Waals surface area contributed by atoms with Crippen LogP contribution in [0.25, 0.3) is 0 Å². The normalized spacial score (nSPS) is 15.3. The number of carboxylic acid groups (broad SMARTS) is 2. The van der Waals surface area contributed by atoms with Crippen LogP contribution >= 0.6 is 0 Å². The van der Waals surface area contributed by atoms with Crippen LogP contribution in [0.3, 0.4) is 0 Å². The van der Waals surface area contributed by atoms with Crippen LogP contribution in [-0.2, 0) is 22.4 Å². The Balaban J connectivity index is 3.17. The zero-order valence-electron chi connectivity index (χ0n) is 16.8. The van der Waals surface area contributed by atoms with E-state index in [9.17, 15) is 14.7 Å². The van der Waals surface area contributed by atoms with Crippen LogP contribution in [0.5, 0.6) is 0 Å². The van der Waals surface area contributed by atoms with Crippen molar-refractivity contribution in [2.75, 3.05) is 0 Å². The van der Waals surface area contributed by atoms with Gasteiger partial charge in [-0.1, -0.05) is 58.9 Å². The van der Waals surface area contributed by atoms with Gasteiger partial charge in [0, 0.05) is 0 Å². The number of hydrogen-bond donors (Lipinski definition) is 2. The van der Waals surface area contributed by atoms with E-state index in [1.807, 2.05) is 31.2 Å². The first-order valence-corrected chi connectivity index (χ1v) is 9.75. The molecule has 146 valence electrons. The molecule has 1 aromatic rings. The molecule has 0 saturated carbocycles. The Bertz CT molecular complexity index is 593. The highest BCUT2D eigenvalue weighted by molar-refractivity contribution is 5.76. The predicted octanol–water partition coefficient (Wildman–Crippen LogP) is 5.19. The molecule has 0 aliphatic carbocycles. The smallest absolute Gasteiger partial charge is 0.310 e. The molecule has 1 aromatic carbocycles. The van der Waals surface area contributed by atoms with Gasteiger partial charge in [-0.05, 0) is 55.1 Å². The summed E-state index contributed by atoms with van der Waals surface area (Å²) in [5, 5.41) is 19.2. The van der Waals surface area contributed by atoms with Gasteiger partial charge < -0.3 is 10.2 Å². The summed E-state index contributed by atoms with van der Waals surface area (Å²) in [6.07, 6.45) is 4.10. The molecule has 0 aliphatic rings. The van der Waals surface area contributed by atoms with Crippen molar-refractivity contribution >= 4 is 11.9 Å². The largest absolute Gasteiger partial charge is 0.481 e. The summed E-state index contributed by atoms with van der Waals surface area (Å²) in [5.41, 5.74) is 0.945. The van der Waals surface area contributed by atoms with E-state index in [0.717, 1.165) is 30.4 Å². The van der Waals surface area contributed by atoms with Gasteiger partial charge in [-0.25, -0.2) is 0 Å². The Labute approximate surface area is 157 Å². The first kappa shape index (κ1) is 22.2. The fraction of sp³-hybridized carbons (Fsp3) is 0.636. The predicted molar refractivity (Wildman–Crippen MR) is 104 cm³/mol. The number of hydrogen-bond acceptors (Lipinski definition) is 2. The minimum Gasteiger partial charge on any atom is -0.481 e. The van der Waals surface area contributed by atoms with Crippen molar-refractivity contribution in [2.45, 2.75) is 73.1 Å². The van der Waals surface area contributed by atoms with Gasteiger partial charge in [-0.15, -0.1) is 0 Å².